The highest BCUT2D eigenvalue weighted by atomic mass is 19.4. The molecule has 0 aromatic carbocycles. The van der Waals surface area contributed by atoms with E-state index in [1.165, 1.54) is 12.3 Å². The average molecular weight is 221 g/mol. The Morgan fingerprint density at radius 1 is 1.33 bits per heavy atom. The minimum atomic E-state index is -4.37. The predicted molar refractivity (Wildman–Crippen MR) is 47.0 cm³/mol. The highest BCUT2D eigenvalue weighted by molar-refractivity contribution is 5.32. The van der Waals surface area contributed by atoms with E-state index in [2.05, 4.69) is 9.72 Å². The highest BCUT2D eigenvalue weighted by Crippen LogP contribution is 2.25. The molecule has 0 aliphatic carbocycles. The van der Waals surface area contributed by atoms with Crippen LogP contribution in [0.25, 0.3) is 0 Å². The maximum atomic E-state index is 11.9. The van der Waals surface area contributed by atoms with Crippen molar-refractivity contribution in [3.8, 4) is 11.6 Å². The van der Waals surface area contributed by atoms with E-state index in [9.17, 15) is 13.2 Å². The van der Waals surface area contributed by atoms with Crippen molar-refractivity contribution >= 4 is 0 Å². The Kier molecular flexibility index (Phi) is 3.76. The Hall–Kier alpha value is -1.46. The van der Waals surface area contributed by atoms with Gasteiger partial charge in [-0.3, -0.25) is 0 Å². The van der Waals surface area contributed by atoms with E-state index in [0.717, 1.165) is 0 Å². The van der Waals surface area contributed by atoms with Gasteiger partial charge in [0.25, 0.3) is 5.88 Å². The maximum absolute atomic E-state index is 11.9. The molecule has 0 N–H and O–H groups in total. The minimum absolute atomic E-state index is 0.142. The minimum Gasteiger partial charge on any atom is -0.488 e. The summed E-state index contributed by atoms with van der Waals surface area (Å²) in [6.45, 7) is 0.693. The third-order valence-electron chi connectivity index (χ3n) is 1.41. The summed E-state index contributed by atoms with van der Waals surface area (Å²) < 4.78 is 45.1. The van der Waals surface area contributed by atoms with Crippen LogP contribution in [0.3, 0.4) is 0 Å². The first kappa shape index (κ1) is 11.6. The quantitative estimate of drug-likeness (QED) is 0.782. The van der Waals surface area contributed by atoms with Crippen molar-refractivity contribution in [1.82, 2.24) is 4.98 Å². The van der Waals surface area contributed by atoms with Crippen LogP contribution in [0.2, 0.25) is 0 Å². The zero-order valence-electron chi connectivity index (χ0n) is 8.04. The van der Waals surface area contributed by atoms with Gasteiger partial charge in [0.2, 0.25) is 0 Å². The zero-order chi connectivity index (χ0) is 11.3. The van der Waals surface area contributed by atoms with Gasteiger partial charge in [-0.25, -0.2) is 4.98 Å². The molecule has 1 aromatic heterocycles. The Labute approximate surface area is 84.8 Å². The molecule has 0 fully saturated rings. The van der Waals surface area contributed by atoms with E-state index in [1.54, 1.807) is 13.0 Å². The summed E-state index contributed by atoms with van der Waals surface area (Å²) >= 11 is 0. The Bertz CT molecular complexity index is 314. The lowest BCUT2D eigenvalue weighted by Crippen LogP contribution is -2.20. The lowest BCUT2D eigenvalue weighted by molar-refractivity contribution is -0.154. The maximum Gasteiger partial charge on any atom is 0.422 e. The van der Waals surface area contributed by atoms with Gasteiger partial charge in [0.1, 0.15) is 0 Å². The van der Waals surface area contributed by atoms with E-state index in [4.69, 9.17) is 4.74 Å². The first-order valence-electron chi connectivity index (χ1n) is 4.30. The molecule has 3 nitrogen and oxygen atoms in total. The Balaban J connectivity index is 2.67. The van der Waals surface area contributed by atoms with Gasteiger partial charge in [0.05, 0.1) is 6.61 Å². The lowest BCUT2D eigenvalue weighted by Gasteiger charge is -2.11. The fourth-order valence-corrected chi connectivity index (χ4v) is 0.900. The van der Waals surface area contributed by atoms with Crippen LogP contribution in [0.1, 0.15) is 6.92 Å². The van der Waals surface area contributed by atoms with Crippen molar-refractivity contribution in [2.24, 2.45) is 0 Å². The molecule has 0 saturated heterocycles. The molecule has 0 unspecified atom stereocenters. The first-order chi connectivity index (χ1) is 7.03. The number of ether oxygens (including phenoxy) is 2. The molecule has 15 heavy (non-hydrogen) atoms. The third-order valence-corrected chi connectivity index (χ3v) is 1.41. The number of pyridine rings is 1. The number of alkyl halides is 3. The monoisotopic (exact) mass is 221 g/mol. The van der Waals surface area contributed by atoms with Crippen LogP contribution in [-0.4, -0.2) is 24.4 Å². The van der Waals surface area contributed by atoms with Crippen molar-refractivity contribution in [2.75, 3.05) is 13.2 Å². The van der Waals surface area contributed by atoms with Gasteiger partial charge in [-0.1, -0.05) is 0 Å². The van der Waals surface area contributed by atoms with E-state index in [-0.39, 0.29) is 11.6 Å². The van der Waals surface area contributed by atoms with Gasteiger partial charge in [0, 0.05) is 6.20 Å². The second-order valence-corrected chi connectivity index (χ2v) is 2.64. The molecule has 1 aromatic rings. The van der Waals surface area contributed by atoms with Crippen LogP contribution in [0.4, 0.5) is 13.2 Å². The number of aromatic nitrogens is 1. The fourth-order valence-electron chi connectivity index (χ4n) is 0.900. The summed E-state index contributed by atoms with van der Waals surface area (Å²) in [5, 5.41) is 0. The third kappa shape index (κ3) is 4.05. The standard InChI is InChI=1S/C9H10F3NO2/c1-2-14-7-4-3-5-13-8(7)15-6-9(10,11)12/h3-5H,2,6H2,1H3. The molecule has 0 spiro atoms. The van der Waals surface area contributed by atoms with Crippen molar-refractivity contribution in [1.29, 1.82) is 0 Å². The number of halogens is 3. The Morgan fingerprint density at radius 3 is 2.67 bits per heavy atom. The van der Waals surface area contributed by atoms with Crippen LogP contribution in [0.5, 0.6) is 11.6 Å². The van der Waals surface area contributed by atoms with Gasteiger partial charge < -0.3 is 9.47 Å². The molecule has 0 aliphatic heterocycles. The molecule has 0 atom stereocenters. The molecule has 1 heterocycles. The van der Waals surface area contributed by atoms with Crippen LogP contribution >= 0.6 is 0 Å². The first-order valence-corrected chi connectivity index (χ1v) is 4.30. The van der Waals surface area contributed by atoms with E-state index in [0.29, 0.717) is 6.61 Å². The molecule has 6 heteroatoms. The highest BCUT2D eigenvalue weighted by Gasteiger charge is 2.29. The summed E-state index contributed by atoms with van der Waals surface area (Å²) in [5.41, 5.74) is 0. The van der Waals surface area contributed by atoms with Gasteiger partial charge in [-0.05, 0) is 19.1 Å². The van der Waals surface area contributed by atoms with Crippen LogP contribution < -0.4 is 9.47 Å². The van der Waals surface area contributed by atoms with Crippen molar-refractivity contribution < 1.29 is 22.6 Å². The molecule has 0 aliphatic rings. The van der Waals surface area contributed by atoms with Gasteiger partial charge in [-0.2, -0.15) is 13.2 Å². The molecule has 1 rings (SSSR count). The average Bonchev–Trinajstić information content (AvgIpc) is 2.16. The SMILES string of the molecule is CCOc1cccnc1OCC(F)(F)F. The van der Waals surface area contributed by atoms with E-state index in [1.807, 2.05) is 0 Å². The van der Waals surface area contributed by atoms with Crippen LogP contribution in [0, 0.1) is 0 Å². The van der Waals surface area contributed by atoms with E-state index < -0.39 is 12.8 Å². The molecule has 84 valence electrons. The Morgan fingerprint density at radius 2 is 2.07 bits per heavy atom. The van der Waals surface area contributed by atoms with Gasteiger partial charge in [0.15, 0.2) is 12.4 Å². The predicted octanol–water partition coefficient (Wildman–Crippen LogP) is 2.42. The normalized spacial score (nSPS) is 11.2. The summed E-state index contributed by atoms with van der Waals surface area (Å²) in [4.78, 5) is 3.65. The summed E-state index contributed by atoms with van der Waals surface area (Å²) in [6.07, 6.45) is -3.03. The van der Waals surface area contributed by atoms with Crippen molar-refractivity contribution in [3.63, 3.8) is 0 Å². The van der Waals surface area contributed by atoms with Crippen LogP contribution in [0.15, 0.2) is 18.3 Å². The second-order valence-electron chi connectivity index (χ2n) is 2.64. The van der Waals surface area contributed by atoms with Gasteiger partial charge in [-0.15, -0.1) is 0 Å². The van der Waals surface area contributed by atoms with Crippen molar-refractivity contribution in [3.05, 3.63) is 18.3 Å². The van der Waals surface area contributed by atoms with Gasteiger partial charge >= 0.3 is 6.18 Å². The summed E-state index contributed by atoms with van der Waals surface area (Å²) in [7, 11) is 0. The molecule has 0 saturated carbocycles. The second kappa shape index (κ2) is 4.86. The number of rotatable bonds is 4. The van der Waals surface area contributed by atoms with Crippen LogP contribution in [-0.2, 0) is 0 Å². The smallest absolute Gasteiger partial charge is 0.422 e. The fraction of sp³-hybridized carbons (Fsp3) is 0.444. The molecule has 0 bridgehead atoms. The molecular formula is C9H10F3NO2. The summed E-state index contributed by atoms with van der Waals surface area (Å²) in [5.74, 6) is 0.0703. The van der Waals surface area contributed by atoms with Crippen molar-refractivity contribution in [2.45, 2.75) is 13.1 Å². The topological polar surface area (TPSA) is 31.4 Å². The molecular weight excluding hydrogens is 211 g/mol. The largest absolute Gasteiger partial charge is 0.488 e. The number of hydrogen-bond donors (Lipinski definition) is 0. The van der Waals surface area contributed by atoms with E-state index >= 15 is 0 Å². The number of hydrogen-bond acceptors (Lipinski definition) is 3. The number of nitrogens with zero attached hydrogens (tertiary/aromatic N) is 1. The molecule has 0 radical (unpaired) electrons. The lowest BCUT2D eigenvalue weighted by atomic mass is 10.4. The molecule has 0 amide bonds. The summed E-state index contributed by atoms with van der Waals surface area (Å²) in [6, 6.07) is 3.06. The zero-order valence-corrected chi connectivity index (χ0v) is 8.04.